The Kier molecular flexibility index (Phi) is 4.69. The van der Waals surface area contributed by atoms with E-state index in [1.165, 1.54) is 25.3 Å². The number of carbonyl (C=O) groups is 1. The van der Waals surface area contributed by atoms with Gasteiger partial charge in [0.05, 0.1) is 22.6 Å². The summed E-state index contributed by atoms with van der Waals surface area (Å²) in [7, 11) is -2.70. The lowest BCUT2D eigenvalue weighted by Crippen LogP contribution is -2.16. The van der Waals surface area contributed by atoms with E-state index in [4.69, 9.17) is 10.5 Å². The molecule has 0 aliphatic heterocycles. The van der Waals surface area contributed by atoms with Crippen LogP contribution < -0.4 is 15.2 Å². The summed E-state index contributed by atoms with van der Waals surface area (Å²) in [5.41, 5.74) is 5.05. The molecule has 9 nitrogen and oxygen atoms in total. The maximum absolute atomic E-state index is 12.4. The summed E-state index contributed by atoms with van der Waals surface area (Å²) in [5.74, 6) is -0.543. The molecule has 1 amide bonds. The second-order valence-electron chi connectivity index (χ2n) is 4.64. The van der Waals surface area contributed by atoms with Gasteiger partial charge in [-0.15, -0.1) is 0 Å². The minimum atomic E-state index is -4.04. The molecule has 0 atom stereocenters. The monoisotopic (exact) mass is 351 g/mol. The summed E-state index contributed by atoms with van der Waals surface area (Å²) in [6.07, 6.45) is 0. The van der Waals surface area contributed by atoms with Crippen LogP contribution in [-0.2, 0) is 10.0 Å². The van der Waals surface area contributed by atoms with Crippen molar-refractivity contribution in [2.45, 2.75) is 4.90 Å². The van der Waals surface area contributed by atoms with Gasteiger partial charge < -0.3 is 10.5 Å². The topological polar surface area (TPSA) is 142 Å². The first kappa shape index (κ1) is 17.2. The molecule has 0 saturated heterocycles. The van der Waals surface area contributed by atoms with Gasteiger partial charge in [0.2, 0.25) is 5.91 Å². The molecule has 0 spiro atoms. The Hall–Kier alpha value is -3.14. The van der Waals surface area contributed by atoms with E-state index in [0.717, 1.165) is 24.3 Å². The molecule has 24 heavy (non-hydrogen) atoms. The highest BCUT2D eigenvalue weighted by Gasteiger charge is 2.19. The van der Waals surface area contributed by atoms with Gasteiger partial charge in [-0.25, -0.2) is 8.42 Å². The number of non-ortho nitro benzene ring substituents is 1. The molecule has 2 aromatic rings. The van der Waals surface area contributed by atoms with Gasteiger partial charge in [-0.05, 0) is 30.3 Å². The number of benzene rings is 2. The van der Waals surface area contributed by atoms with E-state index >= 15 is 0 Å². The van der Waals surface area contributed by atoms with Crippen LogP contribution in [0.4, 0.5) is 11.4 Å². The Labute approximate surface area is 137 Å². The lowest BCUT2D eigenvalue weighted by molar-refractivity contribution is -0.384. The number of sulfonamides is 1. The fourth-order valence-corrected chi connectivity index (χ4v) is 2.95. The average molecular weight is 351 g/mol. The quantitative estimate of drug-likeness (QED) is 0.596. The number of nitrogens with zero attached hydrogens (tertiary/aromatic N) is 1. The Balaban J connectivity index is 2.39. The summed E-state index contributed by atoms with van der Waals surface area (Å²) in [6, 6.07) is 8.38. The van der Waals surface area contributed by atoms with Crippen LogP contribution in [-0.4, -0.2) is 26.4 Å². The molecule has 10 heteroatoms. The first-order chi connectivity index (χ1) is 11.2. The van der Waals surface area contributed by atoms with Gasteiger partial charge in [0, 0.05) is 17.7 Å². The number of nitro benzene ring substituents is 1. The number of nitrogens with two attached hydrogens (primary N) is 1. The number of nitro groups is 1. The number of carbonyl (C=O) groups excluding carboxylic acids is 1. The van der Waals surface area contributed by atoms with Crippen LogP contribution in [0.1, 0.15) is 10.4 Å². The molecule has 0 unspecified atom stereocenters. The van der Waals surface area contributed by atoms with E-state index in [0.29, 0.717) is 0 Å². The minimum Gasteiger partial charge on any atom is -0.495 e. The predicted molar refractivity (Wildman–Crippen MR) is 85.4 cm³/mol. The van der Waals surface area contributed by atoms with Gasteiger partial charge in [-0.3, -0.25) is 19.6 Å². The summed E-state index contributed by atoms with van der Waals surface area (Å²) >= 11 is 0. The largest absolute Gasteiger partial charge is 0.495 e. The van der Waals surface area contributed by atoms with E-state index in [2.05, 4.69) is 4.72 Å². The molecule has 0 radical (unpaired) electrons. The molecule has 0 saturated carbocycles. The third-order valence-corrected chi connectivity index (χ3v) is 4.47. The summed E-state index contributed by atoms with van der Waals surface area (Å²) in [5, 5.41) is 10.6. The van der Waals surface area contributed by atoms with Crippen molar-refractivity contribution >= 4 is 27.3 Å². The zero-order chi connectivity index (χ0) is 17.9. The van der Waals surface area contributed by atoms with Gasteiger partial charge in [0.15, 0.2) is 0 Å². The van der Waals surface area contributed by atoms with Crippen molar-refractivity contribution in [2.75, 3.05) is 11.8 Å². The van der Waals surface area contributed by atoms with E-state index in [-0.39, 0.29) is 27.6 Å². The molecular weight excluding hydrogens is 338 g/mol. The highest BCUT2D eigenvalue weighted by molar-refractivity contribution is 7.92. The summed E-state index contributed by atoms with van der Waals surface area (Å²) < 4.78 is 32.1. The SMILES string of the molecule is COc1ccc(C(N)=O)cc1NS(=O)(=O)c1ccc([N+](=O)[O-])cc1. The van der Waals surface area contributed by atoms with Crippen LogP contribution in [0.2, 0.25) is 0 Å². The number of ether oxygens (including phenoxy) is 1. The van der Waals surface area contributed by atoms with Gasteiger partial charge in [-0.2, -0.15) is 0 Å². The third-order valence-electron chi connectivity index (χ3n) is 3.09. The van der Waals surface area contributed by atoms with E-state index < -0.39 is 20.9 Å². The van der Waals surface area contributed by atoms with Gasteiger partial charge in [0.1, 0.15) is 5.75 Å². The lowest BCUT2D eigenvalue weighted by Gasteiger charge is -2.12. The number of rotatable bonds is 6. The van der Waals surface area contributed by atoms with Crippen molar-refractivity contribution in [2.24, 2.45) is 5.73 Å². The van der Waals surface area contributed by atoms with Gasteiger partial charge in [0.25, 0.3) is 15.7 Å². The third kappa shape index (κ3) is 3.60. The van der Waals surface area contributed by atoms with Crippen molar-refractivity contribution in [3.05, 3.63) is 58.1 Å². The Morgan fingerprint density at radius 3 is 2.33 bits per heavy atom. The lowest BCUT2D eigenvalue weighted by atomic mass is 10.2. The van der Waals surface area contributed by atoms with Crippen LogP contribution in [0.15, 0.2) is 47.4 Å². The van der Waals surface area contributed by atoms with Crippen LogP contribution in [0.5, 0.6) is 5.75 Å². The minimum absolute atomic E-state index is 0.0205. The van der Waals surface area contributed by atoms with Crippen molar-refractivity contribution < 1.29 is 22.9 Å². The maximum atomic E-state index is 12.4. The van der Waals surface area contributed by atoms with Crippen LogP contribution in [0.3, 0.4) is 0 Å². The van der Waals surface area contributed by atoms with Crippen molar-refractivity contribution in [1.29, 1.82) is 0 Å². The standard InChI is InChI=1S/C14H13N3O6S/c1-23-13-7-2-9(14(15)18)8-12(13)16-24(21,22)11-5-3-10(4-6-11)17(19)20/h2-8,16H,1H3,(H2,15,18). The number of nitrogens with one attached hydrogen (secondary N) is 1. The predicted octanol–water partition coefficient (Wildman–Crippen LogP) is 1.50. The Morgan fingerprint density at radius 1 is 1.21 bits per heavy atom. The fourth-order valence-electron chi connectivity index (χ4n) is 1.89. The number of hydrogen-bond donors (Lipinski definition) is 2. The Bertz CT molecular complexity index is 893. The zero-order valence-corrected chi connectivity index (χ0v) is 13.2. The molecule has 2 rings (SSSR count). The smallest absolute Gasteiger partial charge is 0.269 e. The number of methoxy groups -OCH3 is 1. The molecule has 0 aliphatic carbocycles. The van der Waals surface area contributed by atoms with Gasteiger partial charge in [-0.1, -0.05) is 0 Å². The molecule has 126 valence electrons. The second kappa shape index (κ2) is 6.54. The first-order valence-corrected chi connectivity index (χ1v) is 7.98. The van der Waals surface area contributed by atoms with Gasteiger partial charge >= 0.3 is 0 Å². The van der Waals surface area contributed by atoms with Crippen LogP contribution in [0, 0.1) is 10.1 Å². The Morgan fingerprint density at radius 2 is 1.83 bits per heavy atom. The number of hydrogen-bond acceptors (Lipinski definition) is 6. The van der Waals surface area contributed by atoms with Crippen molar-refractivity contribution in [3.63, 3.8) is 0 Å². The summed E-state index contributed by atoms with van der Waals surface area (Å²) in [4.78, 5) is 21.0. The van der Waals surface area contributed by atoms with E-state index in [9.17, 15) is 23.3 Å². The first-order valence-electron chi connectivity index (χ1n) is 6.49. The maximum Gasteiger partial charge on any atom is 0.269 e. The molecule has 0 bridgehead atoms. The zero-order valence-electron chi connectivity index (χ0n) is 12.4. The molecule has 0 aliphatic rings. The molecular formula is C14H13N3O6S. The van der Waals surface area contributed by atoms with E-state index in [1.54, 1.807) is 0 Å². The number of primary amides is 1. The number of anilines is 1. The van der Waals surface area contributed by atoms with Crippen LogP contribution >= 0.6 is 0 Å². The molecule has 2 aromatic carbocycles. The number of amides is 1. The summed E-state index contributed by atoms with van der Waals surface area (Å²) in [6.45, 7) is 0. The van der Waals surface area contributed by atoms with E-state index in [1.807, 2.05) is 0 Å². The van der Waals surface area contributed by atoms with Crippen molar-refractivity contribution in [3.8, 4) is 5.75 Å². The highest BCUT2D eigenvalue weighted by Crippen LogP contribution is 2.28. The van der Waals surface area contributed by atoms with Crippen LogP contribution in [0.25, 0.3) is 0 Å². The normalized spacial score (nSPS) is 10.9. The molecule has 3 N–H and O–H groups in total. The molecule has 0 aromatic heterocycles. The average Bonchev–Trinajstić information content (AvgIpc) is 2.54. The molecule has 0 fully saturated rings. The fraction of sp³-hybridized carbons (Fsp3) is 0.0714. The van der Waals surface area contributed by atoms with Crippen molar-refractivity contribution in [1.82, 2.24) is 0 Å². The highest BCUT2D eigenvalue weighted by atomic mass is 32.2. The molecule has 0 heterocycles. The second-order valence-corrected chi connectivity index (χ2v) is 6.32.